The largest absolute Gasteiger partial charge is 0.335 e. The van der Waals surface area contributed by atoms with Crippen molar-refractivity contribution < 1.29 is 4.79 Å². The fourth-order valence-corrected chi connectivity index (χ4v) is 4.94. The number of hydrogen-bond donors (Lipinski definition) is 0. The van der Waals surface area contributed by atoms with Crippen molar-refractivity contribution in [1.82, 2.24) is 14.5 Å². The Hall–Kier alpha value is -3.76. The Morgan fingerprint density at radius 1 is 0.818 bits per heavy atom. The molecular weight excluding hydrogens is 406 g/mol. The zero-order valence-electron chi connectivity index (χ0n) is 18.8. The number of rotatable bonds is 5. The number of piperidine rings is 1. The number of ketones is 1. The first-order valence-corrected chi connectivity index (χ1v) is 11.3. The highest BCUT2D eigenvalue weighted by Crippen LogP contribution is 2.43. The molecule has 5 rings (SSSR count). The van der Waals surface area contributed by atoms with Gasteiger partial charge in [0.2, 0.25) is 0 Å². The maximum atomic E-state index is 13.0. The van der Waals surface area contributed by atoms with Gasteiger partial charge in [0, 0.05) is 44.5 Å². The fourth-order valence-electron chi connectivity index (χ4n) is 4.94. The fraction of sp³-hybridized carbons (Fsp3) is 0.172. The lowest BCUT2D eigenvalue weighted by atomic mass is 9.74. The Morgan fingerprint density at radius 2 is 1.33 bits per heavy atom. The van der Waals surface area contributed by atoms with Crippen LogP contribution in [0.15, 0.2) is 109 Å². The number of benzene rings is 3. The summed E-state index contributed by atoms with van der Waals surface area (Å²) in [6, 6.07) is 31.9. The van der Waals surface area contributed by atoms with E-state index in [9.17, 15) is 4.79 Å². The van der Waals surface area contributed by atoms with Crippen LogP contribution in [0.1, 0.15) is 28.9 Å². The summed E-state index contributed by atoms with van der Waals surface area (Å²) >= 11 is 0. The third-order valence-corrected chi connectivity index (χ3v) is 6.54. The van der Waals surface area contributed by atoms with Crippen LogP contribution in [-0.2, 0) is 17.4 Å². The van der Waals surface area contributed by atoms with Crippen molar-refractivity contribution in [3.8, 4) is 0 Å². The minimum atomic E-state index is -0.523. The van der Waals surface area contributed by atoms with Crippen molar-refractivity contribution in [3.05, 3.63) is 131 Å². The summed E-state index contributed by atoms with van der Waals surface area (Å²) < 4.78 is 1.94. The summed E-state index contributed by atoms with van der Waals surface area (Å²) in [6.07, 6.45) is 6.09. The normalized spacial score (nSPS) is 16.3. The minimum Gasteiger partial charge on any atom is -0.335 e. The molecule has 0 aliphatic carbocycles. The highest BCUT2D eigenvalue weighted by Gasteiger charge is 2.44. The first-order chi connectivity index (χ1) is 16.2. The van der Waals surface area contributed by atoms with Gasteiger partial charge in [-0.25, -0.2) is 4.98 Å². The van der Waals surface area contributed by atoms with Gasteiger partial charge in [-0.3, -0.25) is 9.69 Å². The van der Waals surface area contributed by atoms with Gasteiger partial charge in [-0.1, -0.05) is 91.0 Å². The number of carbonyl (C=O) groups is 1. The van der Waals surface area contributed by atoms with Gasteiger partial charge in [0.05, 0.1) is 5.54 Å². The monoisotopic (exact) mass is 433 g/mol. The number of nitrogens with zero attached hydrogens (tertiary/aromatic N) is 3. The number of Topliss-reactive ketones (excluding diaryl/α,β-unsaturated/α-hetero) is 1. The Balaban J connectivity index is 1.72. The third kappa shape index (κ3) is 3.83. The summed E-state index contributed by atoms with van der Waals surface area (Å²) in [7, 11) is 1.95. The molecule has 0 radical (unpaired) electrons. The van der Waals surface area contributed by atoms with Crippen LogP contribution in [0.2, 0.25) is 0 Å². The van der Waals surface area contributed by atoms with Gasteiger partial charge >= 0.3 is 0 Å². The second kappa shape index (κ2) is 9.00. The molecule has 1 fully saturated rings. The number of likely N-dealkylation sites (tertiary alicyclic amines) is 1. The first kappa shape index (κ1) is 21.1. The molecule has 1 aromatic heterocycles. The molecule has 4 nitrogen and oxygen atoms in total. The van der Waals surface area contributed by atoms with Crippen LogP contribution in [0.5, 0.6) is 0 Å². The summed E-state index contributed by atoms with van der Waals surface area (Å²) in [4.78, 5) is 19.9. The molecule has 0 saturated carbocycles. The van der Waals surface area contributed by atoms with E-state index < -0.39 is 5.54 Å². The quantitative estimate of drug-likeness (QED) is 0.326. The number of imidazole rings is 1. The Bertz CT molecular complexity index is 1160. The predicted molar refractivity (Wildman–Crippen MR) is 132 cm³/mol. The molecule has 0 amide bonds. The van der Waals surface area contributed by atoms with Gasteiger partial charge < -0.3 is 4.57 Å². The van der Waals surface area contributed by atoms with Gasteiger partial charge in [0.1, 0.15) is 5.82 Å². The van der Waals surface area contributed by atoms with Crippen LogP contribution >= 0.6 is 0 Å². The van der Waals surface area contributed by atoms with Crippen molar-refractivity contribution in [3.63, 3.8) is 0 Å². The van der Waals surface area contributed by atoms with E-state index in [-0.39, 0.29) is 5.78 Å². The van der Waals surface area contributed by atoms with E-state index in [0.29, 0.717) is 19.5 Å². The van der Waals surface area contributed by atoms with Crippen LogP contribution in [-0.4, -0.2) is 33.3 Å². The maximum absolute atomic E-state index is 13.0. The average Bonchev–Trinajstić information content (AvgIpc) is 3.28. The molecule has 0 bridgehead atoms. The van der Waals surface area contributed by atoms with E-state index >= 15 is 0 Å². The van der Waals surface area contributed by atoms with Gasteiger partial charge in [-0.15, -0.1) is 0 Å². The molecule has 0 unspecified atom stereocenters. The maximum Gasteiger partial charge on any atom is 0.161 e. The topological polar surface area (TPSA) is 38.1 Å². The minimum absolute atomic E-state index is 0.192. The standard InChI is InChI=1S/C29H27N3O/c1-31-20-18-30-28(31)21-23-22-32(19-17-27(23)33)29(24-11-5-2-6-12-24,25-13-7-3-8-14-25)26-15-9-4-10-16-26/h2-16,18,20-21H,17,19,22H2,1H3/b23-21+. The Labute approximate surface area is 194 Å². The van der Waals surface area contributed by atoms with E-state index in [1.165, 1.54) is 16.7 Å². The van der Waals surface area contributed by atoms with E-state index in [2.05, 4.69) is 101 Å². The molecule has 0 atom stereocenters. The van der Waals surface area contributed by atoms with Crippen LogP contribution in [0.25, 0.3) is 6.08 Å². The van der Waals surface area contributed by atoms with Crippen LogP contribution in [0, 0.1) is 0 Å². The molecule has 3 aromatic carbocycles. The smallest absolute Gasteiger partial charge is 0.161 e. The Kier molecular flexibility index (Phi) is 5.76. The molecule has 1 aliphatic heterocycles. The molecular formula is C29H27N3O. The Morgan fingerprint density at radius 3 is 1.79 bits per heavy atom. The zero-order valence-corrected chi connectivity index (χ0v) is 18.8. The predicted octanol–water partition coefficient (Wildman–Crippen LogP) is 5.07. The molecule has 2 heterocycles. The van der Waals surface area contributed by atoms with E-state index in [0.717, 1.165) is 11.4 Å². The number of aryl methyl sites for hydroxylation is 1. The van der Waals surface area contributed by atoms with Gasteiger partial charge in [0.25, 0.3) is 0 Å². The van der Waals surface area contributed by atoms with E-state index in [1.807, 2.05) is 23.9 Å². The molecule has 0 N–H and O–H groups in total. The van der Waals surface area contributed by atoms with Crippen molar-refractivity contribution in [1.29, 1.82) is 0 Å². The first-order valence-electron chi connectivity index (χ1n) is 11.3. The summed E-state index contributed by atoms with van der Waals surface area (Å²) in [5.41, 5.74) is 3.84. The van der Waals surface area contributed by atoms with Crippen molar-refractivity contribution in [2.45, 2.75) is 12.0 Å². The SMILES string of the molecule is Cn1ccnc1/C=C1\CN(C(c2ccccc2)(c2ccccc2)c2ccccc2)CCC1=O. The van der Waals surface area contributed by atoms with Crippen LogP contribution in [0.3, 0.4) is 0 Å². The van der Waals surface area contributed by atoms with E-state index in [1.54, 1.807) is 6.20 Å². The number of aromatic nitrogens is 2. The number of hydrogen-bond acceptors (Lipinski definition) is 3. The molecule has 1 saturated heterocycles. The molecule has 4 aromatic rings. The van der Waals surface area contributed by atoms with Gasteiger partial charge in [-0.05, 0) is 22.8 Å². The molecule has 1 aliphatic rings. The second-order valence-corrected chi connectivity index (χ2v) is 8.47. The van der Waals surface area contributed by atoms with Crippen LogP contribution in [0.4, 0.5) is 0 Å². The second-order valence-electron chi connectivity index (χ2n) is 8.47. The van der Waals surface area contributed by atoms with Gasteiger partial charge in [0.15, 0.2) is 5.78 Å². The van der Waals surface area contributed by atoms with Crippen molar-refractivity contribution in [2.24, 2.45) is 7.05 Å². The lowest BCUT2D eigenvalue weighted by molar-refractivity contribution is -0.117. The van der Waals surface area contributed by atoms with Crippen molar-refractivity contribution in [2.75, 3.05) is 13.1 Å². The van der Waals surface area contributed by atoms with E-state index in [4.69, 9.17) is 0 Å². The average molecular weight is 434 g/mol. The highest BCUT2D eigenvalue weighted by atomic mass is 16.1. The van der Waals surface area contributed by atoms with Crippen LogP contribution < -0.4 is 0 Å². The summed E-state index contributed by atoms with van der Waals surface area (Å²) in [6.45, 7) is 1.22. The number of carbonyl (C=O) groups excluding carboxylic acids is 1. The lowest BCUT2D eigenvalue weighted by Gasteiger charge is -2.47. The van der Waals surface area contributed by atoms with Gasteiger partial charge in [-0.2, -0.15) is 0 Å². The molecule has 33 heavy (non-hydrogen) atoms. The third-order valence-electron chi connectivity index (χ3n) is 6.54. The molecule has 164 valence electrons. The molecule has 0 spiro atoms. The van der Waals surface area contributed by atoms with Crippen molar-refractivity contribution >= 4 is 11.9 Å². The molecule has 4 heteroatoms. The highest BCUT2D eigenvalue weighted by molar-refractivity contribution is 6.00. The summed E-state index contributed by atoms with van der Waals surface area (Å²) in [5, 5.41) is 0. The summed E-state index contributed by atoms with van der Waals surface area (Å²) in [5.74, 6) is 0.988. The lowest BCUT2D eigenvalue weighted by Crippen LogP contribution is -2.52. The zero-order chi connectivity index (χ0) is 22.7.